The summed E-state index contributed by atoms with van der Waals surface area (Å²) in [4.78, 5) is 27.3. The maximum atomic E-state index is 16.0. The lowest BCUT2D eigenvalue weighted by molar-refractivity contribution is -0.0366. The van der Waals surface area contributed by atoms with Crippen molar-refractivity contribution in [3.05, 3.63) is 35.3 Å². The van der Waals surface area contributed by atoms with Crippen molar-refractivity contribution in [1.29, 1.82) is 0 Å². The molecule has 1 N–H and O–H groups in total. The van der Waals surface area contributed by atoms with Gasteiger partial charge in [0.25, 0.3) is 0 Å². The van der Waals surface area contributed by atoms with Crippen LogP contribution in [0.4, 0.5) is 15.0 Å². The van der Waals surface area contributed by atoms with E-state index in [0.29, 0.717) is 79.3 Å². The quantitative estimate of drug-likeness (QED) is 0.195. The zero-order valence-electron chi connectivity index (χ0n) is 31.1. The van der Waals surface area contributed by atoms with Gasteiger partial charge in [-0.3, -0.25) is 0 Å². The highest BCUT2D eigenvalue weighted by Crippen LogP contribution is 2.53. The van der Waals surface area contributed by atoms with Crippen LogP contribution in [-0.4, -0.2) is 92.5 Å². The molecule has 4 aromatic rings. The van der Waals surface area contributed by atoms with Gasteiger partial charge in [0, 0.05) is 60.5 Å². The Labute approximate surface area is 308 Å². The Balaban J connectivity index is 1.17. The van der Waals surface area contributed by atoms with E-state index in [-0.39, 0.29) is 54.0 Å². The molecule has 282 valence electrons. The van der Waals surface area contributed by atoms with Gasteiger partial charge >= 0.3 is 12.1 Å². The average molecular weight is 729 g/mol. The van der Waals surface area contributed by atoms with Gasteiger partial charge in [-0.15, -0.1) is 0 Å². The first kappa shape index (κ1) is 34.5. The number of carbonyl (C=O) groups excluding carboxylic acids is 1. The Morgan fingerprint density at radius 2 is 1.83 bits per heavy atom. The third kappa shape index (κ3) is 6.13. The number of ether oxygens (including phenoxy) is 4. The molecule has 1 saturated carbocycles. The Morgan fingerprint density at radius 3 is 2.53 bits per heavy atom. The highest BCUT2D eigenvalue weighted by Gasteiger charge is 2.48. The third-order valence-electron chi connectivity index (χ3n) is 12.2. The number of piperazine rings is 1. The normalized spacial score (nSPS) is 23.8. The fourth-order valence-electron chi connectivity index (χ4n) is 8.67. The van der Waals surface area contributed by atoms with Crippen molar-refractivity contribution in [2.75, 3.05) is 37.8 Å². The molecular formula is C40H49FN6O6. The number of hydrogen-bond donors (Lipinski definition) is 1. The second kappa shape index (κ2) is 13.3. The molecule has 3 atom stereocenters. The highest BCUT2D eigenvalue weighted by molar-refractivity contribution is 6.06. The lowest BCUT2D eigenvalue weighted by Crippen LogP contribution is -2.50. The van der Waals surface area contributed by atoms with Crippen LogP contribution in [0.2, 0.25) is 0 Å². The van der Waals surface area contributed by atoms with Crippen molar-refractivity contribution < 1.29 is 33.2 Å². The lowest BCUT2D eigenvalue weighted by atomic mass is 9.88. The minimum Gasteiger partial charge on any atom is -0.505 e. The second-order valence-electron chi connectivity index (χ2n) is 16.2. The molecule has 1 amide bonds. The predicted octanol–water partition coefficient (Wildman–Crippen LogP) is 7.52. The fourth-order valence-corrected chi connectivity index (χ4v) is 8.67. The summed E-state index contributed by atoms with van der Waals surface area (Å²) in [5.41, 5.74) is 3.07. The Morgan fingerprint density at radius 1 is 1.02 bits per heavy atom. The second-order valence-corrected chi connectivity index (χ2v) is 16.2. The topological polar surface area (TPSA) is 124 Å². The van der Waals surface area contributed by atoms with Crippen LogP contribution in [0.15, 0.2) is 18.3 Å². The maximum absolute atomic E-state index is 16.0. The summed E-state index contributed by atoms with van der Waals surface area (Å²) in [6, 6.07) is 3.82. The molecule has 12 nitrogen and oxygen atoms in total. The molecule has 5 aliphatic rings. The van der Waals surface area contributed by atoms with Crippen LogP contribution in [0.1, 0.15) is 102 Å². The molecule has 4 saturated heterocycles. The standard InChI is InChI=1S/C40H49FN6O6/c1-5-40(3,4)53-39(49)46-21-24-16-25(46)20-45(24)37-28-17-27(23-9-10-23)34(36(48)35(28)43-38(44-37)52-26-11-14-50-15-12-26)33-22(2)30(41)18-31-29(33)19-42-47(31)32-8-6-7-13-51-32/h17-19,23-26,32,48H,5-16,20-21H2,1-4H3/t24?,25-,32?/m0/s1. The van der Waals surface area contributed by atoms with Gasteiger partial charge < -0.3 is 33.9 Å². The molecule has 5 fully saturated rings. The Hall–Kier alpha value is -4.23. The van der Waals surface area contributed by atoms with E-state index in [1.54, 1.807) is 23.9 Å². The van der Waals surface area contributed by atoms with Crippen molar-refractivity contribution in [3.63, 3.8) is 0 Å². The van der Waals surface area contributed by atoms with Crippen molar-refractivity contribution in [2.24, 2.45) is 0 Å². The summed E-state index contributed by atoms with van der Waals surface area (Å²) >= 11 is 0. The Bertz CT molecular complexity index is 2070. The van der Waals surface area contributed by atoms with Gasteiger partial charge in [-0.05, 0) is 88.8 Å². The van der Waals surface area contributed by atoms with E-state index >= 15 is 4.39 Å². The van der Waals surface area contributed by atoms with Crippen LogP contribution in [0, 0.1) is 12.7 Å². The van der Waals surface area contributed by atoms with Gasteiger partial charge in [0.1, 0.15) is 34.6 Å². The number of anilines is 1. The zero-order valence-corrected chi connectivity index (χ0v) is 31.1. The number of phenols is 1. The van der Waals surface area contributed by atoms with E-state index in [4.69, 9.17) is 34.0 Å². The van der Waals surface area contributed by atoms with Crippen molar-refractivity contribution in [2.45, 2.75) is 121 Å². The molecule has 53 heavy (non-hydrogen) atoms. The smallest absolute Gasteiger partial charge is 0.410 e. The third-order valence-corrected chi connectivity index (χ3v) is 12.2. The number of aromatic hydroxyl groups is 1. The largest absolute Gasteiger partial charge is 0.505 e. The minimum absolute atomic E-state index is 0.00967. The van der Waals surface area contributed by atoms with Gasteiger partial charge in [-0.1, -0.05) is 6.92 Å². The van der Waals surface area contributed by atoms with E-state index < -0.39 is 5.60 Å². The summed E-state index contributed by atoms with van der Waals surface area (Å²) in [7, 11) is 0. The van der Waals surface area contributed by atoms with Gasteiger partial charge in [0.05, 0.1) is 37.0 Å². The number of hydrogen-bond acceptors (Lipinski definition) is 10. The number of aromatic nitrogens is 4. The maximum Gasteiger partial charge on any atom is 0.410 e. The fraction of sp³-hybridized carbons (Fsp3) is 0.600. The minimum atomic E-state index is -0.541. The number of phenolic OH excluding ortho intramolecular Hbond substituents is 1. The van der Waals surface area contributed by atoms with Crippen LogP contribution in [-0.2, 0) is 14.2 Å². The van der Waals surface area contributed by atoms with Crippen molar-refractivity contribution in [3.8, 4) is 22.9 Å². The molecule has 2 bridgehead atoms. The zero-order chi connectivity index (χ0) is 36.6. The number of amides is 1. The van der Waals surface area contributed by atoms with Gasteiger partial charge in [-0.25, -0.2) is 13.9 Å². The van der Waals surface area contributed by atoms with Crippen molar-refractivity contribution >= 4 is 33.7 Å². The average Bonchev–Trinajstić information content (AvgIpc) is 3.60. The first-order valence-corrected chi connectivity index (χ1v) is 19.5. The monoisotopic (exact) mass is 728 g/mol. The molecule has 2 aromatic carbocycles. The molecule has 6 heterocycles. The molecule has 0 spiro atoms. The highest BCUT2D eigenvalue weighted by atomic mass is 19.1. The SMILES string of the molecule is CCC(C)(C)OC(=O)N1CC2C[C@H]1CN2c1nc(OC2CCOCC2)nc2c(O)c(-c3c(C)c(F)cc4c3cnn4C3CCCCO3)c(C3CC3)cc12. The number of rotatable bonds is 8. The predicted molar refractivity (Wildman–Crippen MR) is 197 cm³/mol. The summed E-state index contributed by atoms with van der Waals surface area (Å²) in [5, 5.41) is 18.7. The molecular weight excluding hydrogens is 679 g/mol. The molecule has 13 heteroatoms. The van der Waals surface area contributed by atoms with Gasteiger partial charge in [0.15, 0.2) is 6.23 Å². The first-order valence-electron chi connectivity index (χ1n) is 19.5. The number of fused-ring (bicyclic) bond motifs is 4. The van der Waals surface area contributed by atoms with E-state index in [1.807, 2.05) is 25.7 Å². The Kier molecular flexibility index (Phi) is 8.64. The number of halogens is 1. The van der Waals surface area contributed by atoms with Crippen LogP contribution in [0.25, 0.3) is 32.9 Å². The molecule has 2 aromatic heterocycles. The van der Waals surface area contributed by atoms with Crippen LogP contribution in [0.5, 0.6) is 11.8 Å². The van der Waals surface area contributed by atoms with E-state index in [0.717, 1.165) is 61.3 Å². The van der Waals surface area contributed by atoms with Gasteiger partial charge in [-0.2, -0.15) is 15.1 Å². The number of carbonyl (C=O) groups is 1. The summed E-state index contributed by atoms with van der Waals surface area (Å²) < 4.78 is 41.8. The molecule has 1 aliphatic carbocycles. The van der Waals surface area contributed by atoms with E-state index in [2.05, 4.69) is 11.0 Å². The number of benzene rings is 2. The lowest BCUT2D eigenvalue weighted by Gasteiger charge is -2.36. The molecule has 9 rings (SSSR count). The van der Waals surface area contributed by atoms with E-state index in [1.165, 1.54) is 0 Å². The molecule has 4 aliphatic heterocycles. The summed E-state index contributed by atoms with van der Waals surface area (Å²) in [6.45, 7) is 10.6. The summed E-state index contributed by atoms with van der Waals surface area (Å²) in [6.07, 6.45) is 8.78. The van der Waals surface area contributed by atoms with E-state index in [9.17, 15) is 9.90 Å². The number of likely N-dealkylation sites (tertiary alicyclic amines) is 1. The van der Waals surface area contributed by atoms with Crippen LogP contribution < -0.4 is 9.64 Å². The molecule has 0 radical (unpaired) electrons. The summed E-state index contributed by atoms with van der Waals surface area (Å²) in [5.74, 6) is 0.496. The number of nitrogens with zero attached hydrogens (tertiary/aromatic N) is 6. The first-order chi connectivity index (χ1) is 25.6. The van der Waals surface area contributed by atoms with Crippen LogP contribution >= 0.6 is 0 Å². The van der Waals surface area contributed by atoms with Crippen molar-refractivity contribution in [1.82, 2.24) is 24.6 Å². The molecule has 2 unspecified atom stereocenters. The van der Waals surface area contributed by atoms with Crippen LogP contribution in [0.3, 0.4) is 0 Å². The van der Waals surface area contributed by atoms with Gasteiger partial charge in [0.2, 0.25) is 0 Å².